The maximum atomic E-state index is 12.4. The first-order valence-electron chi connectivity index (χ1n) is 8.04. The van der Waals surface area contributed by atoms with Gasteiger partial charge in [0.2, 0.25) is 0 Å². The number of hydrogen-bond acceptors (Lipinski definition) is 3. The number of aryl methyl sites for hydroxylation is 1. The number of nitrogens with zero attached hydrogens (tertiary/aromatic N) is 2. The second kappa shape index (κ2) is 5.48. The second-order valence-electron chi connectivity index (χ2n) is 6.08. The van der Waals surface area contributed by atoms with Gasteiger partial charge in [-0.3, -0.25) is 9.89 Å². The lowest BCUT2D eigenvalue weighted by molar-refractivity contribution is 0.102. The Bertz CT molecular complexity index is 683. The van der Waals surface area contributed by atoms with Crippen LogP contribution in [-0.4, -0.2) is 29.2 Å². The van der Waals surface area contributed by atoms with Crippen LogP contribution in [0.1, 0.15) is 41.0 Å². The van der Waals surface area contributed by atoms with Crippen LogP contribution in [0.4, 0.5) is 11.4 Å². The second-order valence-corrected chi connectivity index (χ2v) is 6.08. The van der Waals surface area contributed by atoms with Gasteiger partial charge < -0.3 is 10.2 Å². The summed E-state index contributed by atoms with van der Waals surface area (Å²) in [6.45, 7) is 2.26. The first kappa shape index (κ1) is 13.4. The lowest BCUT2D eigenvalue weighted by Gasteiger charge is -2.17. The Kier molecular flexibility index (Phi) is 3.33. The smallest absolute Gasteiger partial charge is 0.276 e. The molecular weight excluding hydrogens is 276 g/mol. The van der Waals surface area contributed by atoms with Crippen LogP contribution in [0.2, 0.25) is 0 Å². The van der Waals surface area contributed by atoms with E-state index in [1.807, 2.05) is 12.1 Å². The van der Waals surface area contributed by atoms with Crippen molar-refractivity contribution in [3.8, 4) is 0 Å². The van der Waals surface area contributed by atoms with Crippen LogP contribution in [-0.2, 0) is 12.8 Å². The molecule has 2 aromatic rings. The Morgan fingerprint density at radius 2 is 1.86 bits per heavy atom. The maximum absolute atomic E-state index is 12.4. The fraction of sp³-hybridized carbons (Fsp3) is 0.412. The molecule has 5 nitrogen and oxygen atoms in total. The van der Waals surface area contributed by atoms with Crippen LogP contribution in [0, 0.1) is 0 Å². The van der Waals surface area contributed by atoms with Gasteiger partial charge in [-0.05, 0) is 56.4 Å². The standard InChI is InChI=1S/C17H20N4O/c22-17(16-14-4-3-5-15(14)19-20-16)18-12-6-8-13(9-7-12)21-10-1-2-11-21/h6-9H,1-5,10-11H2,(H,18,22)(H,19,20). The van der Waals surface area contributed by atoms with E-state index in [0.717, 1.165) is 49.3 Å². The molecule has 0 saturated carbocycles. The summed E-state index contributed by atoms with van der Waals surface area (Å²) in [6.07, 6.45) is 5.59. The summed E-state index contributed by atoms with van der Waals surface area (Å²) in [7, 11) is 0. The number of carbonyl (C=O) groups is 1. The number of anilines is 2. The SMILES string of the molecule is O=C(Nc1ccc(N2CCCC2)cc1)c1n[nH]c2c1CCC2. The van der Waals surface area contributed by atoms with Gasteiger partial charge in [-0.1, -0.05) is 0 Å². The van der Waals surface area contributed by atoms with Gasteiger partial charge >= 0.3 is 0 Å². The molecule has 0 radical (unpaired) electrons. The Morgan fingerprint density at radius 1 is 1.09 bits per heavy atom. The average Bonchev–Trinajstić information content (AvgIpc) is 3.25. The molecule has 22 heavy (non-hydrogen) atoms. The summed E-state index contributed by atoms with van der Waals surface area (Å²) in [5.41, 5.74) is 4.82. The number of rotatable bonds is 3. The van der Waals surface area contributed by atoms with E-state index in [9.17, 15) is 4.79 Å². The highest BCUT2D eigenvalue weighted by Crippen LogP contribution is 2.25. The van der Waals surface area contributed by atoms with Crippen LogP contribution >= 0.6 is 0 Å². The van der Waals surface area contributed by atoms with E-state index in [1.54, 1.807) is 0 Å². The molecule has 2 aliphatic rings. The van der Waals surface area contributed by atoms with Crippen molar-refractivity contribution in [2.24, 2.45) is 0 Å². The number of aromatic amines is 1. The Labute approximate surface area is 129 Å². The molecule has 5 heteroatoms. The molecule has 1 aliphatic carbocycles. The van der Waals surface area contributed by atoms with Gasteiger partial charge in [-0.15, -0.1) is 0 Å². The molecule has 1 amide bonds. The highest BCUT2D eigenvalue weighted by molar-refractivity contribution is 6.04. The van der Waals surface area contributed by atoms with Crippen molar-refractivity contribution in [1.82, 2.24) is 10.2 Å². The summed E-state index contributed by atoms with van der Waals surface area (Å²) in [5.74, 6) is -0.117. The summed E-state index contributed by atoms with van der Waals surface area (Å²) < 4.78 is 0. The van der Waals surface area contributed by atoms with Crippen LogP contribution in [0.5, 0.6) is 0 Å². The minimum Gasteiger partial charge on any atom is -0.372 e. The van der Waals surface area contributed by atoms with E-state index in [2.05, 4.69) is 32.5 Å². The van der Waals surface area contributed by atoms with Crippen molar-refractivity contribution in [3.63, 3.8) is 0 Å². The zero-order valence-electron chi connectivity index (χ0n) is 12.6. The first-order chi connectivity index (χ1) is 10.8. The molecular formula is C17H20N4O. The molecule has 0 bridgehead atoms. The molecule has 1 aromatic carbocycles. The molecule has 1 fully saturated rings. The molecule has 114 valence electrons. The van der Waals surface area contributed by atoms with Crippen molar-refractivity contribution in [1.29, 1.82) is 0 Å². The number of hydrogen-bond donors (Lipinski definition) is 2. The van der Waals surface area contributed by atoms with Crippen LogP contribution < -0.4 is 10.2 Å². The fourth-order valence-corrected chi connectivity index (χ4v) is 3.43. The quantitative estimate of drug-likeness (QED) is 0.915. The Morgan fingerprint density at radius 3 is 2.64 bits per heavy atom. The van der Waals surface area contributed by atoms with Crippen LogP contribution in [0.15, 0.2) is 24.3 Å². The topological polar surface area (TPSA) is 61.0 Å². The van der Waals surface area contributed by atoms with Crippen molar-refractivity contribution in [3.05, 3.63) is 41.2 Å². The van der Waals surface area contributed by atoms with Gasteiger partial charge in [0.05, 0.1) is 0 Å². The van der Waals surface area contributed by atoms with Crippen LogP contribution in [0.3, 0.4) is 0 Å². The van der Waals surface area contributed by atoms with E-state index >= 15 is 0 Å². The molecule has 2 N–H and O–H groups in total. The average molecular weight is 296 g/mol. The van der Waals surface area contributed by atoms with Gasteiger partial charge in [0.15, 0.2) is 5.69 Å². The third kappa shape index (κ3) is 2.36. The molecule has 1 saturated heterocycles. The lowest BCUT2D eigenvalue weighted by Crippen LogP contribution is -2.18. The monoisotopic (exact) mass is 296 g/mol. The van der Waals surface area contributed by atoms with Gasteiger partial charge in [-0.2, -0.15) is 5.10 Å². The van der Waals surface area contributed by atoms with E-state index in [0.29, 0.717) is 5.69 Å². The normalized spacial score (nSPS) is 16.8. The van der Waals surface area contributed by atoms with Gasteiger partial charge in [-0.25, -0.2) is 0 Å². The van der Waals surface area contributed by atoms with E-state index in [4.69, 9.17) is 0 Å². The molecule has 0 spiro atoms. The molecule has 1 aliphatic heterocycles. The number of aromatic nitrogens is 2. The van der Waals surface area contributed by atoms with Crippen molar-refractivity contribution >= 4 is 17.3 Å². The van der Waals surface area contributed by atoms with Gasteiger partial charge in [0, 0.05) is 35.7 Å². The molecule has 4 rings (SSSR count). The predicted molar refractivity (Wildman–Crippen MR) is 86.5 cm³/mol. The fourth-order valence-electron chi connectivity index (χ4n) is 3.43. The number of H-pyrrole nitrogens is 1. The number of fused-ring (bicyclic) bond motifs is 1. The first-order valence-corrected chi connectivity index (χ1v) is 8.04. The van der Waals surface area contributed by atoms with E-state index < -0.39 is 0 Å². The number of carbonyl (C=O) groups excluding carboxylic acids is 1. The summed E-state index contributed by atoms with van der Waals surface area (Å²) in [5, 5.41) is 10.1. The summed E-state index contributed by atoms with van der Waals surface area (Å²) >= 11 is 0. The number of nitrogens with one attached hydrogen (secondary N) is 2. The van der Waals surface area contributed by atoms with E-state index in [-0.39, 0.29) is 5.91 Å². The zero-order chi connectivity index (χ0) is 14.9. The van der Waals surface area contributed by atoms with Crippen LogP contribution in [0.25, 0.3) is 0 Å². The number of benzene rings is 1. The minimum absolute atomic E-state index is 0.117. The van der Waals surface area contributed by atoms with Gasteiger partial charge in [0.1, 0.15) is 0 Å². The van der Waals surface area contributed by atoms with Crippen molar-refractivity contribution in [2.75, 3.05) is 23.3 Å². The third-order valence-corrected chi connectivity index (χ3v) is 4.62. The summed E-state index contributed by atoms with van der Waals surface area (Å²) in [4.78, 5) is 14.8. The predicted octanol–water partition coefficient (Wildman–Crippen LogP) is 2.75. The molecule has 0 unspecified atom stereocenters. The molecule has 1 aromatic heterocycles. The molecule has 2 heterocycles. The Balaban J connectivity index is 1.47. The van der Waals surface area contributed by atoms with Crippen molar-refractivity contribution in [2.45, 2.75) is 32.1 Å². The van der Waals surface area contributed by atoms with Gasteiger partial charge in [0.25, 0.3) is 5.91 Å². The van der Waals surface area contributed by atoms with Crippen molar-refractivity contribution < 1.29 is 4.79 Å². The number of amides is 1. The lowest BCUT2D eigenvalue weighted by atomic mass is 10.2. The maximum Gasteiger partial charge on any atom is 0.276 e. The minimum atomic E-state index is -0.117. The largest absolute Gasteiger partial charge is 0.372 e. The summed E-state index contributed by atoms with van der Waals surface area (Å²) in [6, 6.07) is 8.10. The van der Waals surface area contributed by atoms with E-state index in [1.165, 1.54) is 18.5 Å². The third-order valence-electron chi connectivity index (χ3n) is 4.62. The molecule has 0 atom stereocenters. The highest BCUT2D eigenvalue weighted by atomic mass is 16.1. The highest BCUT2D eigenvalue weighted by Gasteiger charge is 2.23. The Hall–Kier alpha value is -2.30. The zero-order valence-corrected chi connectivity index (χ0v) is 12.6.